The van der Waals surface area contributed by atoms with Gasteiger partial charge in [-0.05, 0) is 0 Å². The van der Waals surface area contributed by atoms with E-state index in [1.54, 1.807) is 30.3 Å². The maximum absolute atomic E-state index is 15.6. The normalized spacial score (nSPS) is 15.5. The summed E-state index contributed by atoms with van der Waals surface area (Å²) in [5, 5.41) is 43.2. The van der Waals surface area contributed by atoms with Crippen LogP contribution in [0.1, 0.15) is 81.8 Å². The molecule has 338 valence electrons. The summed E-state index contributed by atoms with van der Waals surface area (Å²) >= 11 is -13.4. The molecule has 0 amide bonds. The Hall–Kier alpha value is -5.32. The van der Waals surface area contributed by atoms with E-state index in [-0.39, 0.29) is 90.5 Å². The Morgan fingerprint density at radius 1 is 0.457 bits per heavy atom. The zero-order valence-electron chi connectivity index (χ0n) is 37.4. The summed E-state index contributed by atoms with van der Waals surface area (Å²) < 4.78 is 51.4. The van der Waals surface area contributed by atoms with E-state index >= 15 is 9.59 Å². The van der Waals surface area contributed by atoms with Gasteiger partial charge in [-0.3, -0.25) is 0 Å². The van der Waals surface area contributed by atoms with Crippen LogP contribution in [-0.4, -0.2) is 56.2 Å². The number of phenolic OH excluding ortho intramolecular Hbond substituents is 4. The minimum atomic E-state index is -3.44. The van der Waals surface area contributed by atoms with Gasteiger partial charge in [0.15, 0.2) is 0 Å². The van der Waals surface area contributed by atoms with Crippen molar-refractivity contribution < 1.29 is 179 Å². The average molecular weight is 1700 g/mol. The molecule has 0 saturated carbocycles. The maximum atomic E-state index is 15.6. The number of fused-ring (bicyclic) bond motifs is 12. The predicted octanol–water partition coefficient (Wildman–Crippen LogP) is 4.06. The van der Waals surface area contributed by atoms with Gasteiger partial charge in [-0.25, -0.2) is 0 Å². The van der Waals surface area contributed by atoms with Crippen LogP contribution >= 0.6 is 0 Å². The Kier molecular flexibility index (Phi) is 12.7. The fourth-order valence-electron chi connectivity index (χ4n) is 9.95. The van der Waals surface area contributed by atoms with Gasteiger partial charge < -0.3 is 0 Å². The van der Waals surface area contributed by atoms with Crippen molar-refractivity contribution in [3.05, 3.63) is 129 Å². The number of rotatable bonds is 9. The van der Waals surface area contributed by atoms with E-state index in [2.05, 4.69) is 0 Å². The molecule has 0 fully saturated rings. The van der Waals surface area contributed by atoms with Gasteiger partial charge in [0, 0.05) is 0 Å². The van der Waals surface area contributed by atoms with E-state index in [4.69, 9.17) is 29.5 Å². The summed E-state index contributed by atoms with van der Waals surface area (Å²) in [6.07, 6.45) is 0. The Morgan fingerprint density at radius 2 is 0.914 bits per heavy atom. The third-order valence-corrected chi connectivity index (χ3v) is 52.3. The Labute approximate surface area is 447 Å². The third-order valence-electron chi connectivity index (χ3n) is 12.5. The van der Waals surface area contributed by atoms with Gasteiger partial charge in [0.25, 0.3) is 0 Å². The van der Waals surface area contributed by atoms with Gasteiger partial charge >= 0.3 is 452 Å². The molecule has 0 saturated heterocycles. The van der Waals surface area contributed by atoms with Crippen LogP contribution in [0.2, 0.25) is 0 Å². The van der Waals surface area contributed by atoms with Crippen molar-refractivity contribution in [1.82, 2.24) is 0 Å². The van der Waals surface area contributed by atoms with Crippen molar-refractivity contribution in [2.24, 2.45) is 0 Å². The SMILES string of the molecule is CC(=O)[O][Hg][c]1cc(O)cc2c1C1(OC(=O)c3c(-c4cccc5c4C(=O)OC54c5ccc(O)cc5Oc5cc(O)ccc54)[c]([Hg][O]C(C)=O)[c]([Hg][O]C(C)=O)[c]([Hg][O]C(C)=O)c31)c1ccc(O)cc1O2. The van der Waals surface area contributed by atoms with Crippen LogP contribution in [0.15, 0.2) is 84.9 Å². The zero-order chi connectivity index (χ0) is 49.6. The molecule has 10 rings (SSSR count). The van der Waals surface area contributed by atoms with Gasteiger partial charge in [-0.15, -0.1) is 0 Å². The second-order valence-corrected chi connectivity index (χ2v) is 37.0. The molecule has 4 N–H and O–H groups in total. The fraction of sp³-hybridized carbons (Fsp3) is 0.125. The molecule has 22 heteroatoms. The molecule has 0 radical (unpaired) electrons. The zero-order valence-corrected chi connectivity index (χ0v) is 59.4. The Morgan fingerprint density at radius 3 is 1.47 bits per heavy atom. The second-order valence-electron chi connectivity index (χ2n) is 16.8. The number of benzene rings is 6. The van der Waals surface area contributed by atoms with Gasteiger partial charge in [0.2, 0.25) is 0 Å². The first-order valence-corrected chi connectivity index (χ1v) is 41.5. The molecule has 1 atom stereocenters. The number of hydrogen-bond acceptors (Lipinski definition) is 18. The summed E-state index contributed by atoms with van der Waals surface area (Å²) in [5.74, 6) is -4.78. The summed E-state index contributed by atoms with van der Waals surface area (Å²) in [7, 11) is 0. The molecule has 0 aromatic heterocycles. The van der Waals surface area contributed by atoms with Crippen molar-refractivity contribution in [2.75, 3.05) is 0 Å². The first kappa shape index (κ1) is 48.3. The molecular weight excluding hydrogens is 1670 g/mol. The molecule has 1 unspecified atom stereocenters. The fourth-order valence-corrected chi connectivity index (χ4v) is 46.4. The van der Waals surface area contributed by atoms with Gasteiger partial charge in [0.05, 0.1) is 0 Å². The van der Waals surface area contributed by atoms with E-state index in [1.165, 1.54) is 82.3 Å². The number of aromatic hydroxyl groups is 4. The summed E-state index contributed by atoms with van der Waals surface area (Å²) in [5.41, 5.74) is -2.13. The Bertz CT molecular complexity index is 3320. The quantitative estimate of drug-likeness (QED) is 0.118. The molecule has 4 aliphatic rings. The van der Waals surface area contributed by atoms with Crippen LogP contribution in [0.5, 0.6) is 46.0 Å². The van der Waals surface area contributed by atoms with Gasteiger partial charge in [0.1, 0.15) is 0 Å². The molecule has 4 heterocycles. The number of carbonyl (C=O) groups is 6. The van der Waals surface area contributed by atoms with Crippen LogP contribution < -0.4 is 21.8 Å². The van der Waals surface area contributed by atoms with Crippen molar-refractivity contribution >= 4 is 48.1 Å². The molecule has 0 bridgehead atoms. The van der Waals surface area contributed by atoms with Crippen LogP contribution in [0, 0.1) is 0 Å². The van der Waals surface area contributed by atoms with Crippen LogP contribution in [0.25, 0.3) is 11.1 Å². The number of esters is 2. The van der Waals surface area contributed by atoms with Crippen LogP contribution in [-0.2, 0) is 151 Å². The number of carbonyl (C=O) groups excluding carboxylic acids is 6. The predicted molar refractivity (Wildman–Crippen MR) is 221 cm³/mol. The summed E-state index contributed by atoms with van der Waals surface area (Å²) in [6.45, 7) is 4.96. The first-order chi connectivity index (χ1) is 33.4. The van der Waals surface area contributed by atoms with Crippen molar-refractivity contribution in [3.8, 4) is 57.1 Å². The molecule has 4 aliphatic heterocycles. The topological polar surface area (TPSA) is 257 Å². The van der Waals surface area contributed by atoms with Crippen LogP contribution in [0.3, 0.4) is 0 Å². The van der Waals surface area contributed by atoms with E-state index < -0.39 is 147 Å². The number of hydrogen-bond donors (Lipinski definition) is 4. The van der Waals surface area contributed by atoms with E-state index in [0.29, 0.717) is 23.4 Å². The van der Waals surface area contributed by atoms with Gasteiger partial charge in [-0.1, -0.05) is 0 Å². The molecule has 2 spiro atoms. The monoisotopic (exact) mass is 1700 g/mol. The van der Waals surface area contributed by atoms with Gasteiger partial charge in [-0.2, -0.15) is 0 Å². The van der Waals surface area contributed by atoms with E-state index in [0.717, 1.165) is 0 Å². The number of ether oxygens (including phenoxy) is 4. The van der Waals surface area contributed by atoms with Crippen molar-refractivity contribution in [3.63, 3.8) is 0 Å². The molecular formula is C48H30Hg4O18. The minimum absolute atomic E-state index is 0.00674. The second kappa shape index (κ2) is 18.4. The molecule has 6 aromatic carbocycles. The van der Waals surface area contributed by atoms with Crippen LogP contribution in [0.4, 0.5) is 0 Å². The molecule has 6 aromatic rings. The standard InChI is InChI=1S/C40H18O10.4C2H4O2.4Hg/c41-19-7-11-25-31(15-19)47-32-16-20(42)8-12-26(32)39(25)29-5-1-3-23(35(29)37(45)49-39)24-4-2-6-30-36(24)38(46)50-40(30)27-13-9-21(43)17-33(27)48-34-18-22(44)10-14-28(34)40;4*1-2(3)4;;;;/h1,3,5,7-13,15-18,41-44H;4*1H3,(H,3,4);;;;/q;;;;;4*+1/p-4. The molecule has 18 nitrogen and oxygen atoms in total. The molecule has 0 aliphatic carbocycles. The molecule has 70 heavy (non-hydrogen) atoms. The van der Waals surface area contributed by atoms with E-state index in [1.807, 2.05) is 0 Å². The summed E-state index contributed by atoms with van der Waals surface area (Å²) in [4.78, 5) is 81.9. The Balaban J connectivity index is 1.38. The van der Waals surface area contributed by atoms with E-state index in [9.17, 15) is 39.6 Å². The van der Waals surface area contributed by atoms with Crippen molar-refractivity contribution in [1.29, 1.82) is 0 Å². The summed E-state index contributed by atoms with van der Waals surface area (Å²) in [6, 6.07) is 20.4. The average Bonchev–Trinajstić information content (AvgIpc) is 3.75. The number of phenols is 4. The first-order valence-electron chi connectivity index (χ1n) is 21.5. The third kappa shape index (κ3) is 7.91. The van der Waals surface area contributed by atoms with Crippen molar-refractivity contribution in [2.45, 2.75) is 38.9 Å².